The molecule has 0 saturated carbocycles. The van der Waals surface area contributed by atoms with Gasteiger partial charge in [0.1, 0.15) is 0 Å². The van der Waals surface area contributed by atoms with Crippen LogP contribution >= 0.6 is 0 Å². The minimum atomic E-state index is -0.581. The summed E-state index contributed by atoms with van der Waals surface area (Å²) in [5, 5.41) is 17.7. The number of aromatic amines is 1. The molecule has 17 heavy (non-hydrogen) atoms. The number of carbonyl (C=O) groups is 1. The highest BCUT2D eigenvalue weighted by Gasteiger charge is 2.13. The lowest BCUT2D eigenvalue weighted by molar-refractivity contribution is 0.101. The predicted octanol–water partition coefficient (Wildman–Crippen LogP) is 0.0482. The Labute approximate surface area is 95.9 Å². The number of rotatable bonds is 2. The van der Waals surface area contributed by atoms with E-state index in [9.17, 15) is 9.90 Å². The fourth-order valence-corrected chi connectivity index (χ4v) is 1.18. The van der Waals surface area contributed by atoms with E-state index in [1.54, 1.807) is 13.0 Å². The fourth-order valence-electron chi connectivity index (χ4n) is 1.18. The van der Waals surface area contributed by atoms with Crippen molar-refractivity contribution in [2.75, 3.05) is 11.1 Å². The van der Waals surface area contributed by atoms with Crippen LogP contribution in [0.4, 0.5) is 11.8 Å². The number of nitrogens with two attached hydrogens (primary N) is 1. The van der Waals surface area contributed by atoms with Crippen LogP contribution < -0.4 is 11.1 Å². The van der Waals surface area contributed by atoms with Gasteiger partial charge >= 0.3 is 0 Å². The Morgan fingerprint density at radius 1 is 1.47 bits per heavy atom. The van der Waals surface area contributed by atoms with Gasteiger partial charge in [0.05, 0.1) is 0 Å². The standard InChI is InChI=1S/C9H10N6O2/c1-4-2-3-5(16)6(11-4)12-8(17)7-13-9(10)15-14-7/h2-3,16H,1H3,(H,11,12,17)(H3,10,13,14,15). The fraction of sp³-hybridized carbons (Fsp3) is 0.111. The number of aryl methyl sites for hydroxylation is 1. The molecular formula is C9H10N6O2. The zero-order valence-electron chi connectivity index (χ0n) is 8.93. The topological polar surface area (TPSA) is 130 Å². The second kappa shape index (κ2) is 4.08. The van der Waals surface area contributed by atoms with E-state index in [1.807, 2.05) is 0 Å². The van der Waals surface area contributed by atoms with Crippen molar-refractivity contribution in [1.82, 2.24) is 20.2 Å². The summed E-state index contributed by atoms with van der Waals surface area (Å²) in [5.74, 6) is -0.731. The van der Waals surface area contributed by atoms with E-state index < -0.39 is 5.91 Å². The molecule has 0 saturated heterocycles. The van der Waals surface area contributed by atoms with E-state index in [4.69, 9.17) is 5.73 Å². The first-order chi connectivity index (χ1) is 8.06. The molecule has 0 bridgehead atoms. The number of nitrogens with one attached hydrogen (secondary N) is 2. The van der Waals surface area contributed by atoms with E-state index in [2.05, 4.69) is 25.5 Å². The smallest absolute Gasteiger partial charge is 0.294 e. The molecule has 8 nitrogen and oxygen atoms in total. The van der Waals surface area contributed by atoms with Gasteiger partial charge in [-0.3, -0.25) is 9.89 Å². The summed E-state index contributed by atoms with van der Waals surface area (Å²) >= 11 is 0. The maximum absolute atomic E-state index is 11.6. The molecule has 2 aromatic rings. The summed E-state index contributed by atoms with van der Waals surface area (Å²) in [4.78, 5) is 19.3. The van der Waals surface area contributed by atoms with E-state index in [-0.39, 0.29) is 23.3 Å². The first-order valence-electron chi connectivity index (χ1n) is 4.72. The monoisotopic (exact) mass is 234 g/mol. The van der Waals surface area contributed by atoms with Crippen LogP contribution in [0.25, 0.3) is 0 Å². The molecule has 2 heterocycles. The third kappa shape index (κ3) is 2.30. The van der Waals surface area contributed by atoms with Crippen LogP contribution in [0.1, 0.15) is 16.3 Å². The van der Waals surface area contributed by atoms with Gasteiger partial charge in [0.15, 0.2) is 11.6 Å². The molecule has 2 aromatic heterocycles. The molecule has 0 fully saturated rings. The minimum Gasteiger partial charge on any atom is -0.504 e. The molecule has 0 unspecified atom stereocenters. The average molecular weight is 234 g/mol. The number of nitrogens with zero attached hydrogens (tertiary/aromatic N) is 3. The number of pyridine rings is 1. The van der Waals surface area contributed by atoms with Crippen molar-refractivity contribution < 1.29 is 9.90 Å². The first-order valence-corrected chi connectivity index (χ1v) is 4.72. The highest BCUT2D eigenvalue weighted by atomic mass is 16.3. The molecule has 0 aliphatic heterocycles. The Bertz CT molecular complexity index is 564. The van der Waals surface area contributed by atoms with Gasteiger partial charge in [0.2, 0.25) is 11.8 Å². The number of nitrogen functional groups attached to an aromatic ring is 1. The van der Waals surface area contributed by atoms with Gasteiger partial charge in [-0.15, -0.1) is 5.10 Å². The molecule has 1 amide bonds. The van der Waals surface area contributed by atoms with Gasteiger partial charge in [-0.05, 0) is 19.1 Å². The van der Waals surface area contributed by atoms with Crippen molar-refractivity contribution in [3.63, 3.8) is 0 Å². The molecule has 2 rings (SSSR count). The molecule has 0 aliphatic rings. The summed E-state index contributed by atoms with van der Waals surface area (Å²) in [6.07, 6.45) is 0. The molecule has 0 aliphatic carbocycles. The zero-order valence-corrected chi connectivity index (χ0v) is 8.93. The summed E-state index contributed by atoms with van der Waals surface area (Å²) in [6, 6.07) is 3.06. The number of aromatic hydroxyl groups is 1. The molecular weight excluding hydrogens is 224 g/mol. The van der Waals surface area contributed by atoms with Gasteiger partial charge < -0.3 is 16.2 Å². The van der Waals surface area contributed by atoms with Crippen molar-refractivity contribution in [3.05, 3.63) is 23.7 Å². The number of amides is 1. The maximum atomic E-state index is 11.6. The Balaban J connectivity index is 2.21. The summed E-state index contributed by atoms with van der Waals surface area (Å²) in [6.45, 7) is 1.74. The van der Waals surface area contributed by atoms with Crippen molar-refractivity contribution in [2.45, 2.75) is 6.92 Å². The number of H-pyrrole nitrogens is 1. The molecule has 5 N–H and O–H groups in total. The van der Waals surface area contributed by atoms with Crippen molar-refractivity contribution >= 4 is 17.7 Å². The van der Waals surface area contributed by atoms with Crippen molar-refractivity contribution in [1.29, 1.82) is 0 Å². The average Bonchev–Trinajstić information content (AvgIpc) is 2.70. The molecule has 88 valence electrons. The highest BCUT2D eigenvalue weighted by molar-refractivity contribution is 6.01. The SMILES string of the molecule is Cc1ccc(O)c(NC(=O)c2nc(N)n[nH]2)n1. The lowest BCUT2D eigenvalue weighted by Gasteiger charge is -2.04. The Morgan fingerprint density at radius 2 is 2.24 bits per heavy atom. The number of aromatic nitrogens is 4. The normalized spacial score (nSPS) is 10.2. The van der Waals surface area contributed by atoms with Crippen LogP contribution in [-0.4, -0.2) is 31.2 Å². The van der Waals surface area contributed by atoms with Gasteiger partial charge in [0, 0.05) is 5.69 Å². The largest absolute Gasteiger partial charge is 0.504 e. The number of anilines is 2. The van der Waals surface area contributed by atoms with Gasteiger partial charge in [0.25, 0.3) is 5.91 Å². The van der Waals surface area contributed by atoms with Crippen LogP contribution in [-0.2, 0) is 0 Å². The summed E-state index contributed by atoms with van der Waals surface area (Å²) in [5.41, 5.74) is 5.93. The van der Waals surface area contributed by atoms with E-state index in [0.29, 0.717) is 5.69 Å². The van der Waals surface area contributed by atoms with Crippen molar-refractivity contribution in [2.24, 2.45) is 0 Å². The molecule has 8 heteroatoms. The van der Waals surface area contributed by atoms with Crippen LogP contribution in [0.2, 0.25) is 0 Å². The van der Waals surface area contributed by atoms with Crippen molar-refractivity contribution in [3.8, 4) is 5.75 Å². The quantitative estimate of drug-likeness (QED) is 0.580. The first kappa shape index (κ1) is 10.9. The van der Waals surface area contributed by atoms with Gasteiger partial charge in [-0.2, -0.15) is 4.98 Å². The van der Waals surface area contributed by atoms with E-state index in [1.165, 1.54) is 6.07 Å². The van der Waals surface area contributed by atoms with E-state index >= 15 is 0 Å². The predicted molar refractivity (Wildman–Crippen MR) is 59.4 cm³/mol. The van der Waals surface area contributed by atoms with E-state index in [0.717, 1.165) is 0 Å². The molecule has 0 atom stereocenters. The number of hydrogen-bond donors (Lipinski definition) is 4. The Kier molecular flexibility index (Phi) is 2.61. The summed E-state index contributed by atoms with van der Waals surface area (Å²) < 4.78 is 0. The Morgan fingerprint density at radius 3 is 2.88 bits per heavy atom. The van der Waals surface area contributed by atoms with Gasteiger partial charge in [-0.25, -0.2) is 4.98 Å². The van der Waals surface area contributed by atoms with Crippen LogP contribution in [0.15, 0.2) is 12.1 Å². The number of hydrogen-bond acceptors (Lipinski definition) is 6. The molecule has 0 aromatic carbocycles. The zero-order chi connectivity index (χ0) is 12.4. The molecule has 0 spiro atoms. The number of carbonyl (C=O) groups excluding carboxylic acids is 1. The second-order valence-electron chi connectivity index (χ2n) is 3.32. The third-order valence-corrected chi connectivity index (χ3v) is 1.96. The lowest BCUT2D eigenvalue weighted by Crippen LogP contribution is -2.15. The summed E-state index contributed by atoms with van der Waals surface area (Å²) in [7, 11) is 0. The maximum Gasteiger partial charge on any atom is 0.294 e. The second-order valence-corrected chi connectivity index (χ2v) is 3.32. The van der Waals surface area contributed by atoms with Gasteiger partial charge in [-0.1, -0.05) is 0 Å². The molecule has 0 radical (unpaired) electrons. The third-order valence-electron chi connectivity index (χ3n) is 1.96. The minimum absolute atomic E-state index is 0.0310. The van der Waals surface area contributed by atoms with Crippen LogP contribution in [0.5, 0.6) is 5.75 Å². The lowest BCUT2D eigenvalue weighted by atomic mass is 10.3. The van der Waals surface area contributed by atoms with Crippen LogP contribution in [0.3, 0.4) is 0 Å². The highest BCUT2D eigenvalue weighted by Crippen LogP contribution is 2.20. The Hall–Kier alpha value is -2.64. The van der Waals surface area contributed by atoms with Crippen LogP contribution in [0, 0.1) is 6.92 Å².